The molecule has 1 aromatic heterocycles. The van der Waals surface area contributed by atoms with Gasteiger partial charge in [-0.05, 0) is 48.6 Å². The van der Waals surface area contributed by atoms with Crippen LogP contribution in [0.5, 0.6) is 0 Å². The lowest BCUT2D eigenvalue weighted by Gasteiger charge is -2.20. The highest BCUT2D eigenvalue weighted by Crippen LogP contribution is 2.25. The Bertz CT molecular complexity index is 733. The predicted molar refractivity (Wildman–Crippen MR) is 101 cm³/mol. The SMILES string of the molecule is O=C(NN=Cc1cccs1)c1ccc(NC(=O)C2CCCCC2)cc1. The van der Waals surface area contributed by atoms with Crippen LogP contribution in [-0.2, 0) is 4.79 Å². The Kier molecular flexibility index (Phi) is 5.95. The summed E-state index contributed by atoms with van der Waals surface area (Å²) in [5.74, 6) is -0.0845. The molecule has 1 aliphatic carbocycles. The van der Waals surface area contributed by atoms with E-state index < -0.39 is 0 Å². The summed E-state index contributed by atoms with van der Waals surface area (Å²) in [6.07, 6.45) is 7.03. The molecule has 3 rings (SSSR count). The Hall–Kier alpha value is -2.47. The summed E-state index contributed by atoms with van der Waals surface area (Å²) in [5, 5.41) is 8.83. The number of benzene rings is 1. The summed E-state index contributed by atoms with van der Waals surface area (Å²) < 4.78 is 0. The molecule has 5 nitrogen and oxygen atoms in total. The first kappa shape index (κ1) is 17.4. The molecule has 1 fully saturated rings. The van der Waals surface area contributed by atoms with Gasteiger partial charge in [0, 0.05) is 22.0 Å². The largest absolute Gasteiger partial charge is 0.326 e. The van der Waals surface area contributed by atoms with Crippen LogP contribution in [0.3, 0.4) is 0 Å². The number of carbonyl (C=O) groups excluding carboxylic acids is 2. The number of carbonyl (C=O) groups is 2. The molecule has 2 amide bonds. The summed E-state index contributed by atoms with van der Waals surface area (Å²) in [6, 6.07) is 10.7. The van der Waals surface area contributed by atoms with E-state index in [1.807, 2.05) is 17.5 Å². The smallest absolute Gasteiger partial charge is 0.271 e. The van der Waals surface area contributed by atoms with E-state index in [9.17, 15) is 9.59 Å². The van der Waals surface area contributed by atoms with Crippen molar-refractivity contribution in [1.82, 2.24) is 5.43 Å². The van der Waals surface area contributed by atoms with E-state index >= 15 is 0 Å². The van der Waals surface area contributed by atoms with E-state index in [0.717, 1.165) is 30.6 Å². The molecule has 2 N–H and O–H groups in total. The van der Waals surface area contributed by atoms with E-state index in [4.69, 9.17) is 0 Å². The number of amides is 2. The van der Waals surface area contributed by atoms with Crippen LogP contribution < -0.4 is 10.7 Å². The van der Waals surface area contributed by atoms with Crippen molar-refractivity contribution in [3.63, 3.8) is 0 Å². The molecule has 130 valence electrons. The van der Waals surface area contributed by atoms with E-state index in [1.54, 1.807) is 41.8 Å². The summed E-state index contributed by atoms with van der Waals surface area (Å²) >= 11 is 1.55. The Morgan fingerprint density at radius 2 is 1.84 bits per heavy atom. The lowest BCUT2D eigenvalue weighted by Crippen LogP contribution is -2.24. The number of anilines is 1. The topological polar surface area (TPSA) is 70.6 Å². The number of thiophene rings is 1. The number of nitrogens with zero attached hydrogens (tertiary/aromatic N) is 1. The zero-order chi connectivity index (χ0) is 17.5. The van der Waals surface area contributed by atoms with Gasteiger partial charge in [-0.1, -0.05) is 25.3 Å². The molecular weight excluding hydrogens is 334 g/mol. The molecule has 0 unspecified atom stereocenters. The second-order valence-corrected chi connectivity index (χ2v) is 7.10. The van der Waals surface area contributed by atoms with Crippen LogP contribution in [0.25, 0.3) is 0 Å². The van der Waals surface area contributed by atoms with Gasteiger partial charge in [-0.15, -0.1) is 11.3 Å². The molecule has 1 aromatic carbocycles. The molecule has 25 heavy (non-hydrogen) atoms. The van der Waals surface area contributed by atoms with Gasteiger partial charge in [0.15, 0.2) is 0 Å². The van der Waals surface area contributed by atoms with Gasteiger partial charge in [0.1, 0.15) is 0 Å². The van der Waals surface area contributed by atoms with Crippen molar-refractivity contribution in [1.29, 1.82) is 0 Å². The van der Waals surface area contributed by atoms with Crippen LogP contribution >= 0.6 is 11.3 Å². The molecule has 0 bridgehead atoms. The summed E-state index contributed by atoms with van der Waals surface area (Å²) in [7, 11) is 0. The average Bonchev–Trinajstić information content (AvgIpc) is 3.16. The minimum atomic E-state index is -0.280. The quantitative estimate of drug-likeness (QED) is 0.628. The maximum Gasteiger partial charge on any atom is 0.271 e. The minimum Gasteiger partial charge on any atom is -0.326 e. The zero-order valence-electron chi connectivity index (χ0n) is 13.9. The third-order valence-corrected chi connectivity index (χ3v) is 5.10. The van der Waals surface area contributed by atoms with E-state index in [1.165, 1.54) is 6.42 Å². The molecule has 1 heterocycles. The molecule has 1 saturated carbocycles. The Morgan fingerprint density at radius 1 is 1.08 bits per heavy atom. The predicted octanol–water partition coefficient (Wildman–Crippen LogP) is 4.03. The summed E-state index contributed by atoms with van der Waals surface area (Å²) in [4.78, 5) is 25.3. The van der Waals surface area contributed by atoms with Crippen molar-refractivity contribution in [3.8, 4) is 0 Å². The molecule has 2 aromatic rings. The van der Waals surface area contributed by atoms with E-state index in [0.29, 0.717) is 11.3 Å². The van der Waals surface area contributed by atoms with Crippen molar-refractivity contribution < 1.29 is 9.59 Å². The van der Waals surface area contributed by atoms with Crippen molar-refractivity contribution in [3.05, 3.63) is 52.2 Å². The molecule has 0 atom stereocenters. The van der Waals surface area contributed by atoms with Crippen LogP contribution in [0.4, 0.5) is 5.69 Å². The second-order valence-electron chi connectivity index (χ2n) is 6.12. The molecule has 6 heteroatoms. The van der Waals surface area contributed by atoms with Crippen LogP contribution in [-0.4, -0.2) is 18.0 Å². The van der Waals surface area contributed by atoms with Crippen molar-refractivity contribution in [2.24, 2.45) is 11.0 Å². The average molecular weight is 355 g/mol. The molecule has 0 spiro atoms. The number of rotatable bonds is 5. The normalized spacial score (nSPS) is 15.2. The Morgan fingerprint density at radius 3 is 2.52 bits per heavy atom. The number of nitrogens with one attached hydrogen (secondary N) is 2. The van der Waals surface area contributed by atoms with Gasteiger partial charge in [0.2, 0.25) is 5.91 Å². The molecular formula is C19H21N3O2S. The monoisotopic (exact) mass is 355 g/mol. The number of hydrogen-bond acceptors (Lipinski definition) is 4. The first-order valence-corrected chi connectivity index (χ1v) is 9.38. The number of hydrazone groups is 1. The van der Waals surface area contributed by atoms with E-state index in [2.05, 4.69) is 15.8 Å². The molecule has 0 saturated heterocycles. The zero-order valence-corrected chi connectivity index (χ0v) is 14.7. The fourth-order valence-corrected chi connectivity index (χ4v) is 3.48. The third-order valence-electron chi connectivity index (χ3n) is 4.29. The van der Waals surface area contributed by atoms with Gasteiger partial charge < -0.3 is 5.32 Å². The lowest BCUT2D eigenvalue weighted by atomic mass is 9.88. The Balaban J connectivity index is 1.52. The van der Waals surface area contributed by atoms with Crippen LogP contribution in [0.2, 0.25) is 0 Å². The summed E-state index contributed by atoms with van der Waals surface area (Å²) in [6.45, 7) is 0. The van der Waals surface area contributed by atoms with Gasteiger partial charge >= 0.3 is 0 Å². The fourth-order valence-electron chi connectivity index (χ4n) is 2.90. The fraction of sp³-hybridized carbons (Fsp3) is 0.316. The highest BCUT2D eigenvalue weighted by atomic mass is 32.1. The molecule has 0 radical (unpaired) electrons. The highest BCUT2D eigenvalue weighted by molar-refractivity contribution is 7.11. The van der Waals surface area contributed by atoms with Gasteiger partial charge in [0.05, 0.1) is 6.21 Å². The van der Waals surface area contributed by atoms with Crippen molar-refractivity contribution in [2.45, 2.75) is 32.1 Å². The van der Waals surface area contributed by atoms with Crippen molar-refractivity contribution >= 4 is 35.1 Å². The van der Waals surface area contributed by atoms with Crippen LogP contribution in [0.1, 0.15) is 47.3 Å². The van der Waals surface area contributed by atoms with Gasteiger partial charge in [-0.3, -0.25) is 9.59 Å². The molecule has 1 aliphatic rings. The van der Waals surface area contributed by atoms with Crippen LogP contribution in [0.15, 0.2) is 46.9 Å². The first-order valence-electron chi connectivity index (χ1n) is 8.50. The Labute approximate surface area is 151 Å². The maximum atomic E-state index is 12.2. The van der Waals surface area contributed by atoms with Crippen LogP contribution in [0, 0.1) is 5.92 Å². The third kappa shape index (κ3) is 5.00. The minimum absolute atomic E-state index is 0.0810. The highest BCUT2D eigenvalue weighted by Gasteiger charge is 2.21. The maximum absolute atomic E-state index is 12.2. The van der Waals surface area contributed by atoms with Crippen molar-refractivity contribution in [2.75, 3.05) is 5.32 Å². The second kappa shape index (κ2) is 8.58. The first-order chi connectivity index (χ1) is 12.2. The standard InChI is InChI=1S/C19H21N3O2S/c23-18(14-5-2-1-3-6-14)21-16-10-8-15(9-11-16)19(24)22-20-13-17-7-4-12-25-17/h4,7-14H,1-3,5-6H2,(H,21,23)(H,22,24). The van der Waals surface area contributed by atoms with Gasteiger partial charge in [0.25, 0.3) is 5.91 Å². The van der Waals surface area contributed by atoms with Gasteiger partial charge in [-0.25, -0.2) is 5.43 Å². The lowest BCUT2D eigenvalue weighted by molar-refractivity contribution is -0.120. The summed E-state index contributed by atoms with van der Waals surface area (Å²) in [5.41, 5.74) is 3.71. The van der Waals surface area contributed by atoms with Gasteiger partial charge in [-0.2, -0.15) is 5.10 Å². The molecule has 0 aliphatic heterocycles. The van der Waals surface area contributed by atoms with E-state index in [-0.39, 0.29) is 17.7 Å². The number of hydrogen-bond donors (Lipinski definition) is 2.